The third-order valence-corrected chi connectivity index (χ3v) is 3.72. The molecular weight excluding hydrogens is 306 g/mol. The van der Waals surface area contributed by atoms with E-state index in [1.165, 1.54) is 24.3 Å². The van der Waals surface area contributed by atoms with Gasteiger partial charge in [0.25, 0.3) is 0 Å². The number of ether oxygens (including phenoxy) is 3. The van der Waals surface area contributed by atoms with Crippen molar-refractivity contribution in [2.24, 2.45) is 0 Å². The number of nitrogens with one attached hydrogen (secondary N) is 2. The van der Waals surface area contributed by atoms with Crippen molar-refractivity contribution in [3.8, 4) is 0 Å². The van der Waals surface area contributed by atoms with Gasteiger partial charge in [-0.1, -0.05) is 0 Å². The van der Waals surface area contributed by atoms with Gasteiger partial charge in [0.2, 0.25) is 0 Å². The van der Waals surface area contributed by atoms with Gasteiger partial charge in [0, 0.05) is 7.11 Å². The second-order valence-electron chi connectivity index (χ2n) is 5.11. The molecule has 0 aromatic carbocycles. The molecule has 3 rings (SSSR count). The quantitative estimate of drug-likeness (QED) is 0.475. The lowest BCUT2D eigenvalue weighted by molar-refractivity contribution is -0.0785. The topological polar surface area (TPSA) is 138 Å². The average molecular weight is 326 g/mol. The molecule has 2 aromatic heterocycles. The van der Waals surface area contributed by atoms with Gasteiger partial charge in [-0.25, -0.2) is 9.97 Å². The highest BCUT2D eigenvalue weighted by molar-refractivity contribution is 5.68. The van der Waals surface area contributed by atoms with Crippen molar-refractivity contribution < 1.29 is 25.8 Å². The van der Waals surface area contributed by atoms with Crippen LogP contribution in [0.4, 0.5) is 0 Å². The van der Waals surface area contributed by atoms with Gasteiger partial charge < -0.3 is 29.4 Å². The number of hydrogen-bond donors (Lipinski definition) is 4. The summed E-state index contributed by atoms with van der Waals surface area (Å²) in [5.74, 6) is 0. The molecule has 0 spiro atoms. The zero-order valence-electron chi connectivity index (χ0n) is 13.5. The van der Waals surface area contributed by atoms with Crippen molar-refractivity contribution in [3.05, 3.63) is 18.1 Å². The highest BCUT2D eigenvalue weighted by Crippen LogP contribution is 2.32. The molecule has 0 radical (unpaired) electrons. The molecular formula is C13H19N5O5. The summed E-state index contributed by atoms with van der Waals surface area (Å²) in [6, 6.07) is 0. The van der Waals surface area contributed by atoms with Crippen LogP contribution in [-0.4, -0.2) is 75.0 Å². The molecule has 0 bridgehead atoms. The maximum atomic E-state index is 10.3. The van der Waals surface area contributed by atoms with Crippen LogP contribution in [0.2, 0.25) is 1.41 Å². The number of imidazole rings is 1. The lowest BCUT2D eigenvalue weighted by atomic mass is 10.1. The van der Waals surface area contributed by atoms with Gasteiger partial charge in [0.1, 0.15) is 29.5 Å². The minimum atomic E-state index is -1.05. The van der Waals surface area contributed by atoms with Gasteiger partial charge in [0.15, 0.2) is 13.1 Å². The molecule has 2 aromatic rings. The van der Waals surface area contributed by atoms with Crippen LogP contribution in [0.3, 0.4) is 0 Å². The number of aromatic nitrogens is 4. The van der Waals surface area contributed by atoms with E-state index in [0.29, 0.717) is 6.61 Å². The first-order valence-corrected chi connectivity index (χ1v) is 7.11. The van der Waals surface area contributed by atoms with Crippen LogP contribution in [0.5, 0.6) is 0 Å². The first-order chi connectivity index (χ1) is 11.6. The first kappa shape index (κ1) is 14.7. The number of fused-ring (bicyclic) bond motifs is 1. The Morgan fingerprint density at radius 1 is 1.52 bits per heavy atom. The van der Waals surface area contributed by atoms with Crippen molar-refractivity contribution in [1.29, 1.82) is 5.41 Å². The average Bonchev–Trinajstić information content (AvgIpc) is 3.14. The minimum absolute atomic E-state index is 0.0682. The number of H-pyrrole nitrogens is 1. The highest BCUT2D eigenvalue weighted by Gasteiger charge is 2.45. The Kier molecular flexibility index (Phi) is 4.30. The summed E-state index contributed by atoms with van der Waals surface area (Å²) in [5.41, 5.74) is 0.446. The molecule has 1 aliphatic rings. The molecule has 10 heteroatoms. The molecule has 0 aliphatic carbocycles. The molecule has 4 N–H and O–H groups in total. The van der Waals surface area contributed by atoms with Crippen molar-refractivity contribution in [2.75, 3.05) is 26.9 Å². The summed E-state index contributed by atoms with van der Waals surface area (Å²) in [4.78, 5) is 8.83. The van der Waals surface area contributed by atoms with E-state index < -0.39 is 24.5 Å². The fourth-order valence-corrected chi connectivity index (χ4v) is 2.58. The fraction of sp³-hybridized carbons (Fsp3) is 0.615. The van der Waals surface area contributed by atoms with Crippen LogP contribution in [0.1, 0.15) is 6.23 Å². The zero-order valence-corrected chi connectivity index (χ0v) is 12.5. The maximum Gasteiger partial charge on any atom is 0.176 e. The van der Waals surface area contributed by atoms with Gasteiger partial charge in [-0.2, -0.15) is 0 Å². The van der Waals surface area contributed by atoms with Crippen molar-refractivity contribution in [1.82, 2.24) is 19.5 Å². The Labute approximate surface area is 132 Å². The molecule has 0 unspecified atom stereocenters. The molecule has 0 saturated carbocycles. The standard InChI is InChI=1S/C13H19N5O5/c1-21-2-3-22-10-9(20)7(4-19)23-13(10)18-6-17-8-11(14)15-5-16-12(8)18/h5-7,9-10,13,19-20H,2-4H2,1H3,(H2,14,15,16)/t7-,9-,10-,13-/m1/s1/i/hD. The van der Waals surface area contributed by atoms with Crippen LogP contribution >= 0.6 is 0 Å². The van der Waals surface area contributed by atoms with Crippen LogP contribution in [-0.2, 0) is 14.2 Å². The first-order valence-electron chi connectivity index (χ1n) is 7.56. The molecule has 126 valence electrons. The van der Waals surface area contributed by atoms with Crippen molar-refractivity contribution in [3.63, 3.8) is 0 Å². The number of nitrogens with zero attached hydrogens (tertiary/aromatic N) is 3. The van der Waals surface area contributed by atoms with E-state index in [1.807, 2.05) is 0 Å². The third kappa shape index (κ3) is 2.86. The Morgan fingerprint density at radius 3 is 3.09 bits per heavy atom. The second kappa shape index (κ2) is 6.72. The van der Waals surface area contributed by atoms with E-state index in [2.05, 4.69) is 9.97 Å². The zero-order chi connectivity index (χ0) is 17.3. The van der Waals surface area contributed by atoms with Crippen LogP contribution in [0.15, 0.2) is 12.7 Å². The number of aliphatic hydroxyl groups is 2. The van der Waals surface area contributed by atoms with Crippen LogP contribution in [0, 0.1) is 5.41 Å². The van der Waals surface area contributed by atoms with Crippen molar-refractivity contribution >= 4 is 11.2 Å². The third-order valence-electron chi connectivity index (χ3n) is 3.72. The molecule has 23 heavy (non-hydrogen) atoms. The number of aliphatic hydroxyl groups excluding tert-OH is 2. The molecule has 4 atom stereocenters. The second-order valence-corrected chi connectivity index (χ2v) is 5.11. The molecule has 1 saturated heterocycles. The summed E-state index contributed by atoms with van der Waals surface area (Å²) in [6.45, 7) is 0.194. The summed E-state index contributed by atoms with van der Waals surface area (Å²) in [6.07, 6.45) is -0.880. The number of aromatic amines is 1. The summed E-state index contributed by atoms with van der Waals surface area (Å²) < 4.78 is 25.7. The summed E-state index contributed by atoms with van der Waals surface area (Å²) in [5, 5.41) is 27.5. The van der Waals surface area contributed by atoms with Gasteiger partial charge in [-0.05, 0) is 0 Å². The van der Waals surface area contributed by atoms with Crippen molar-refractivity contribution in [2.45, 2.75) is 24.5 Å². The lowest BCUT2D eigenvalue weighted by Gasteiger charge is -2.22. The largest absolute Gasteiger partial charge is 0.394 e. The molecule has 1 fully saturated rings. The Bertz CT molecular complexity index is 765. The Morgan fingerprint density at radius 2 is 2.35 bits per heavy atom. The Balaban J connectivity index is 1.99. The number of methoxy groups -OCH3 is 1. The molecule has 1 aliphatic heterocycles. The van der Waals surface area contributed by atoms with Gasteiger partial charge in [-0.3, -0.25) is 9.98 Å². The Hall–Kier alpha value is -1.85. The monoisotopic (exact) mass is 326 g/mol. The molecule has 0 amide bonds. The van der Waals surface area contributed by atoms with E-state index >= 15 is 0 Å². The van der Waals surface area contributed by atoms with Gasteiger partial charge in [0.05, 0.1) is 32.5 Å². The normalized spacial score (nSPS) is 28.4. The van der Waals surface area contributed by atoms with E-state index in [9.17, 15) is 10.2 Å². The molecule has 10 nitrogen and oxygen atoms in total. The smallest absolute Gasteiger partial charge is 0.176 e. The van der Waals surface area contributed by atoms with E-state index in [4.69, 9.17) is 21.0 Å². The maximum absolute atomic E-state index is 10.3. The minimum Gasteiger partial charge on any atom is -0.394 e. The van der Waals surface area contributed by atoms with E-state index in [-0.39, 0.29) is 29.9 Å². The number of hydrogen-bond acceptors (Lipinski definition) is 8. The van der Waals surface area contributed by atoms with Crippen LogP contribution < -0.4 is 5.49 Å². The van der Waals surface area contributed by atoms with E-state index in [1.54, 1.807) is 0 Å². The fourth-order valence-electron chi connectivity index (χ4n) is 2.58. The van der Waals surface area contributed by atoms with Crippen LogP contribution in [0.25, 0.3) is 11.2 Å². The predicted octanol–water partition coefficient (Wildman–Crippen LogP) is -1.48. The van der Waals surface area contributed by atoms with E-state index in [0.717, 1.165) is 4.98 Å². The van der Waals surface area contributed by atoms with Gasteiger partial charge in [-0.15, -0.1) is 0 Å². The summed E-state index contributed by atoms with van der Waals surface area (Å²) in [7, 11) is 1.54. The summed E-state index contributed by atoms with van der Waals surface area (Å²) >= 11 is 0. The SMILES string of the molecule is [2H]n1cnc(=N)c2ncn([C@@H]3O[C@H](CO)[C@@H](O)[C@H]3OCCOC)c21. The lowest BCUT2D eigenvalue weighted by Crippen LogP contribution is -2.36. The highest BCUT2D eigenvalue weighted by atomic mass is 16.6. The van der Waals surface area contributed by atoms with Gasteiger partial charge >= 0.3 is 0 Å². The molecule has 3 heterocycles. The predicted molar refractivity (Wildman–Crippen MR) is 76.4 cm³/mol. The number of rotatable bonds is 6.